The maximum atomic E-state index is 9.38. The Morgan fingerprint density at radius 2 is 1.05 bits per heavy atom. The quantitative estimate of drug-likeness (QED) is 0.107. The van der Waals surface area contributed by atoms with E-state index in [-0.39, 0.29) is 77.6 Å². The van der Waals surface area contributed by atoms with Crippen molar-refractivity contribution in [3.63, 3.8) is 0 Å². The number of rotatable bonds is 16. The van der Waals surface area contributed by atoms with Crippen molar-refractivity contribution in [1.29, 1.82) is 0 Å². The Kier molecular flexibility index (Phi) is 18.0. The molecule has 0 aliphatic carbocycles. The number of aliphatic hydroxyl groups is 5. The molecule has 0 bridgehead atoms. The second kappa shape index (κ2) is 19.8. The number of ether oxygens (including phenoxy) is 3. The van der Waals surface area contributed by atoms with E-state index in [1.165, 1.54) is 31.1 Å². The molecule has 2 aromatic heterocycles. The third kappa shape index (κ3) is 11.4. The largest absolute Gasteiger partial charge is 0.376 e. The predicted molar refractivity (Wildman–Crippen MR) is 137 cm³/mol. The minimum Gasteiger partial charge on any atom is -0.376 e. The van der Waals surface area contributed by atoms with E-state index < -0.39 is 13.5 Å². The zero-order chi connectivity index (χ0) is 27.6. The molecule has 0 atom stereocenters. The first kappa shape index (κ1) is 34.7. The summed E-state index contributed by atoms with van der Waals surface area (Å²) in [5, 5.41) is 50.5. The lowest BCUT2D eigenvalue weighted by molar-refractivity contribution is 0.163. The van der Waals surface area contributed by atoms with Crippen LogP contribution in [0.3, 0.4) is 0 Å². The van der Waals surface area contributed by atoms with E-state index in [1.807, 2.05) is 0 Å². The summed E-state index contributed by atoms with van der Waals surface area (Å²) in [6.07, 6.45) is 0. The second-order valence-electron chi connectivity index (χ2n) is 6.73. The van der Waals surface area contributed by atoms with Gasteiger partial charge in [-0.25, -0.2) is 0 Å². The van der Waals surface area contributed by atoms with E-state index in [0.717, 1.165) is 4.90 Å². The third-order valence-corrected chi connectivity index (χ3v) is 4.06. The molecule has 19 nitrogen and oxygen atoms in total. The molecule has 0 saturated heterocycles. The van der Waals surface area contributed by atoms with Crippen molar-refractivity contribution in [2.24, 2.45) is 0 Å². The van der Waals surface area contributed by atoms with Crippen LogP contribution in [-0.2, 0) is 14.2 Å². The van der Waals surface area contributed by atoms with Gasteiger partial charge in [0.2, 0.25) is 29.7 Å². The van der Waals surface area contributed by atoms with Crippen LogP contribution >= 0.6 is 0 Å². The fourth-order valence-corrected chi connectivity index (χ4v) is 2.42. The van der Waals surface area contributed by atoms with Crippen molar-refractivity contribution < 1.29 is 39.7 Å². The molecule has 2 aromatic rings. The van der Waals surface area contributed by atoms with Gasteiger partial charge < -0.3 is 50.4 Å². The van der Waals surface area contributed by atoms with Gasteiger partial charge in [-0.3, -0.25) is 14.7 Å². The minimum absolute atomic E-state index is 0. The van der Waals surface area contributed by atoms with Gasteiger partial charge in [-0.1, -0.05) is 7.43 Å². The van der Waals surface area contributed by atoms with Crippen molar-refractivity contribution >= 4 is 29.7 Å². The molecule has 0 spiro atoms. The molecule has 0 fully saturated rings. The summed E-state index contributed by atoms with van der Waals surface area (Å²) in [5.41, 5.74) is 0. The standard InChI is InChI=1S/C11H22N6O5.C7H13N5O3.CH4/c1-20-4-12-9-13-10(16(5-18)7-21-2)15-11(14-9)17(6-19)8-22-3;1-5-9-6(8-2-13)11-7(10-5)12(3-14)4-15;/h18-19H,4-8H2,1-3H3,(H,12,13,14,15);13-15H,2-4H2,1H3,(H,8,9,10,11);1H4. The molecule has 0 aliphatic rings. The van der Waals surface area contributed by atoms with Crippen LogP contribution in [0.1, 0.15) is 13.3 Å². The van der Waals surface area contributed by atoms with Crippen LogP contribution in [0, 0.1) is 6.92 Å². The highest BCUT2D eigenvalue weighted by atomic mass is 16.5. The first-order valence-electron chi connectivity index (χ1n) is 10.6. The molecular formula is C19H39N11O8. The van der Waals surface area contributed by atoms with Crippen molar-refractivity contribution in [3.8, 4) is 0 Å². The molecular weight excluding hydrogens is 510 g/mol. The number of methoxy groups -OCH3 is 3. The maximum Gasteiger partial charge on any atom is 0.235 e. The van der Waals surface area contributed by atoms with Crippen molar-refractivity contribution in [3.05, 3.63) is 5.82 Å². The van der Waals surface area contributed by atoms with Crippen LogP contribution in [0.5, 0.6) is 0 Å². The zero-order valence-corrected chi connectivity index (χ0v) is 21.1. The Morgan fingerprint density at radius 1 is 0.605 bits per heavy atom. The Morgan fingerprint density at radius 3 is 1.45 bits per heavy atom. The molecule has 0 unspecified atom stereocenters. The lowest BCUT2D eigenvalue weighted by Crippen LogP contribution is -2.32. The predicted octanol–water partition coefficient (Wildman–Crippen LogP) is -2.51. The molecule has 0 amide bonds. The highest BCUT2D eigenvalue weighted by molar-refractivity contribution is 5.44. The summed E-state index contributed by atoms with van der Waals surface area (Å²) in [6.45, 7) is 0.212. The summed E-state index contributed by atoms with van der Waals surface area (Å²) in [5.74, 6) is 1.34. The normalized spacial score (nSPS) is 10.1. The average molecular weight is 550 g/mol. The average Bonchev–Trinajstić information content (AvgIpc) is 2.90. The number of anilines is 5. The number of nitrogens with zero attached hydrogens (tertiary/aromatic N) is 9. The minimum atomic E-state index is -0.404. The Hall–Kier alpha value is -3.30. The molecule has 2 rings (SSSR count). The van der Waals surface area contributed by atoms with Gasteiger partial charge in [0.05, 0.1) is 0 Å². The number of hydrogen-bond donors (Lipinski definition) is 7. The van der Waals surface area contributed by atoms with E-state index >= 15 is 0 Å². The van der Waals surface area contributed by atoms with E-state index in [2.05, 4.69) is 40.5 Å². The lowest BCUT2D eigenvalue weighted by atomic mass is 10.6. The van der Waals surface area contributed by atoms with Crippen molar-refractivity contribution in [2.45, 2.75) is 14.4 Å². The monoisotopic (exact) mass is 549 g/mol. The lowest BCUT2D eigenvalue weighted by Gasteiger charge is -2.23. The van der Waals surface area contributed by atoms with Crippen LogP contribution in [0.2, 0.25) is 0 Å². The van der Waals surface area contributed by atoms with Gasteiger partial charge in [-0.15, -0.1) is 0 Å². The van der Waals surface area contributed by atoms with Gasteiger partial charge in [0.15, 0.2) is 0 Å². The van der Waals surface area contributed by atoms with Crippen LogP contribution in [-0.4, -0.2) is 131 Å². The van der Waals surface area contributed by atoms with Crippen LogP contribution in [0.25, 0.3) is 0 Å². The summed E-state index contributed by atoms with van der Waals surface area (Å²) in [6, 6.07) is 0. The molecule has 0 radical (unpaired) electrons. The fraction of sp³-hybridized carbons (Fsp3) is 0.684. The highest BCUT2D eigenvalue weighted by Crippen LogP contribution is 2.16. The van der Waals surface area contributed by atoms with Gasteiger partial charge in [0.1, 0.15) is 59.7 Å². The second-order valence-corrected chi connectivity index (χ2v) is 6.73. The van der Waals surface area contributed by atoms with Crippen LogP contribution in [0.15, 0.2) is 0 Å². The van der Waals surface area contributed by atoms with Gasteiger partial charge in [0, 0.05) is 21.3 Å². The molecule has 7 N–H and O–H groups in total. The molecule has 0 saturated carbocycles. The number of aryl methyl sites for hydroxylation is 1. The fourth-order valence-electron chi connectivity index (χ4n) is 2.42. The molecule has 0 aliphatic heterocycles. The highest BCUT2D eigenvalue weighted by Gasteiger charge is 2.16. The van der Waals surface area contributed by atoms with Crippen molar-refractivity contribution in [2.75, 3.05) is 101 Å². The van der Waals surface area contributed by atoms with Gasteiger partial charge in [-0.2, -0.15) is 29.9 Å². The number of aliphatic hydroxyl groups excluding tert-OH is 5. The number of hydrogen-bond acceptors (Lipinski definition) is 19. The summed E-state index contributed by atoms with van der Waals surface area (Å²) >= 11 is 0. The van der Waals surface area contributed by atoms with Crippen molar-refractivity contribution in [1.82, 2.24) is 29.9 Å². The summed E-state index contributed by atoms with van der Waals surface area (Å²) in [4.78, 5) is 28.1. The maximum absolute atomic E-state index is 9.38. The molecule has 2 heterocycles. The van der Waals surface area contributed by atoms with E-state index in [1.54, 1.807) is 6.92 Å². The smallest absolute Gasteiger partial charge is 0.235 e. The Bertz CT molecular complexity index is 866. The molecule has 38 heavy (non-hydrogen) atoms. The van der Waals surface area contributed by atoms with Gasteiger partial charge in [-0.05, 0) is 6.92 Å². The topological polar surface area (TPSA) is 240 Å². The molecule has 19 heteroatoms. The number of aromatic nitrogens is 6. The van der Waals surface area contributed by atoms with E-state index in [4.69, 9.17) is 29.5 Å². The number of nitrogens with one attached hydrogen (secondary N) is 2. The van der Waals surface area contributed by atoms with E-state index in [0.29, 0.717) is 5.82 Å². The molecule has 0 aromatic carbocycles. The summed E-state index contributed by atoms with van der Waals surface area (Å²) in [7, 11) is 4.49. The first-order valence-corrected chi connectivity index (χ1v) is 10.6. The SMILES string of the molecule is C.COCNc1nc(N(CO)COC)nc(N(CO)COC)n1.Cc1nc(NCO)nc(N(CO)CO)n1. The zero-order valence-electron chi connectivity index (χ0n) is 21.1. The molecule has 218 valence electrons. The van der Waals surface area contributed by atoms with Gasteiger partial charge >= 0.3 is 0 Å². The Labute approximate surface area is 220 Å². The van der Waals surface area contributed by atoms with Crippen LogP contribution < -0.4 is 25.3 Å². The summed E-state index contributed by atoms with van der Waals surface area (Å²) < 4.78 is 14.9. The first-order chi connectivity index (χ1) is 17.9. The van der Waals surface area contributed by atoms with E-state index in [9.17, 15) is 10.2 Å². The van der Waals surface area contributed by atoms with Crippen LogP contribution in [0.4, 0.5) is 29.7 Å². The Balaban J connectivity index is 0.000000750. The van der Waals surface area contributed by atoms with Gasteiger partial charge in [0.25, 0.3) is 0 Å². The third-order valence-electron chi connectivity index (χ3n) is 4.06.